The largest absolute Gasteiger partial charge is 0.504 e. The molecule has 96 valence electrons. The van der Waals surface area contributed by atoms with Crippen molar-refractivity contribution in [3.05, 3.63) is 40.3 Å². The molecule has 0 saturated carbocycles. The lowest BCUT2D eigenvalue weighted by Gasteiger charge is -2.07. The number of aromatic nitrogens is 1. The number of hydrogen-bond donors (Lipinski definition) is 2. The van der Waals surface area contributed by atoms with Gasteiger partial charge in [-0.05, 0) is 17.7 Å². The first-order valence-corrected chi connectivity index (χ1v) is 6.67. The highest BCUT2D eigenvalue weighted by atomic mass is 32.1. The summed E-state index contributed by atoms with van der Waals surface area (Å²) >= 11 is 1.62. The molecule has 1 aromatic carbocycles. The van der Waals surface area contributed by atoms with E-state index in [4.69, 9.17) is 4.74 Å². The number of benzene rings is 1. The monoisotopic (exact) mass is 264 g/mol. The van der Waals surface area contributed by atoms with Crippen molar-refractivity contribution < 1.29 is 9.84 Å². The van der Waals surface area contributed by atoms with Gasteiger partial charge in [0.05, 0.1) is 18.3 Å². The van der Waals surface area contributed by atoms with E-state index < -0.39 is 0 Å². The molecular weight excluding hydrogens is 248 g/mol. The lowest BCUT2D eigenvalue weighted by molar-refractivity contribution is 0.373. The number of thiazole rings is 1. The lowest BCUT2D eigenvalue weighted by atomic mass is 10.2. The number of nitrogens with zero attached hydrogens (tertiary/aromatic N) is 1. The van der Waals surface area contributed by atoms with Crippen LogP contribution in [0.2, 0.25) is 0 Å². The molecule has 18 heavy (non-hydrogen) atoms. The van der Waals surface area contributed by atoms with Crippen molar-refractivity contribution in [2.24, 2.45) is 0 Å². The first-order valence-electron chi connectivity index (χ1n) is 5.73. The standard InChI is InChI=1S/C13H16N2O2S/c1-17-13-6-10(2-3-12(13)16)7-14-5-4-11-8-18-9-15-11/h2-3,6,8-9,14,16H,4-5,7H2,1H3. The molecule has 0 saturated heterocycles. The molecule has 0 aliphatic carbocycles. The van der Waals surface area contributed by atoms with Crippen LogP contribution in [0.4, 0.5) is 0 Å². The molecule has 0 amide bonds. The third kappa shape index (κ3) is 3.45. The molecule has 5 heteroatoms. The lowest BCUT2D eigenvalue weighted by Crippen LogP contribution is -2.16. The molecule has 0 atom stereocenters. The van der Waals surface area contributed by atoms with Crippen molar-refractivity contribution in [1.82, 2.24) is 10.3 Å². The highest BCUT2D eigenvalue weighted by Gasteiger charge is 2.02. The SMILES string of the molecule is COc1cc(CNCCc2cscn2)ccc1O. The zero-order valence-electron chi connectivity index (χ0n) is 10.2. The van der Waals surface area contributed by atoms with Gasteiger partial charge in [0, 0.05) is 24.9 Å². The maximum atomic E-state index is 9.48. The molecule has 2 rings (SSSR count). The highest BCUT2D eigenvalue weighted by molar-refractivity contribution is 7.07. The summed E-state index contributed by atoms with van der Waals surface area (Å²) in [5, 5.41) is 14.9. The summed E-state index contributed by atoms with van der Waals surface area (Å²) in [6.07, 6.45) is 0.929. The molecule has 0 unspecified atom stereocenters. The summed E-state index contributed by atoms with van der Waals surface area (Å²) in [4.78, 5) is 4.23. The fraction of sp³-hybridized carbons (Fsp3) is 0.308. The Labute approximate surface area is 110 Å². The van der Waals surface area contributed by atoms with Crippen LogP contribution in [-0.2, 0) is 13.0 Å². The average molecular weight is 264 g/mol. The summed E-state index contributed by atoms with van der Waals surface area (Å²) < 4.78 is 5.06. The number of methoxy groups -OCH3 is 1. The number of aromatic hydroxyl groups is 1. The number of rotatable bonds is 6. The minimum Gasteiger partial charge on any atom is -0.504 e. The van der Waals surface area contributed by atoms with Crippen LogP contribution in [-0.4, -0.2) is 23.7 Å². The molecule has 0 spiro atoms. The molecule has 0 aliphatic heterocycles. The van der Waals surface area contributed by atoms with Crippen molar-refractivity contribution in [1.29, 1.82) is 0 Å². The second-order valence-electron chi connectivity index (χ2n) is 3.91. The Morgan fingerprint density at radius 3 is 3.06 bits per heavy atom. The van der Waals surface area contributed by atoms with E-state index in [0.29, 0.717) is 5.75 Å². The van der Waals surface area contributed by atoms with E-state index in [1.54, 1.807) is 24.5 Å². The Balaban J connectivity index is 1.79. The molecule has 2 N–H and O–H groups in total. The molecule has 0 aliphatic rings. The van der Waals surface area contributed by atoms with Crippen LogP contribution in [0.25, 0.3) is 0 Å². The van der Waals surface area contributed by atoms with Gasteiger partial charge in [-0.1, -0.05) is 6.07 Å². The minimum atomic E-state index is 0.170. The van der Waals surface area contributed by atoms with E-state index in [9.17, 15) is 5.11 Å². The Morgan fingerprint density at radius 1 is 1.44 bits per heavy atom. The van der Waals surface area contributed by atoms with Gasteiger partial charge >= 0.3 is 0 Å². The molecule has 0 fully saturated rings. The number of ether oxygens (including phenoxy) is 1. The van der Waals surface area contributed by atoms with E-state index in [2.05, 4.69) is 15.7 Å². The van der Waals surface area contributed by atoms with Gasteiger partial charge in [-0.25, -0.2) is 4.98 Å². The van der Waals surface area contributed by atoms with Crippen LogP contribution in [0.5, 0.6) is 11.5 Å². The summed E-state index contributed by atoms with van der Waals surface area (Å²) in [6.45, 7) is 1.63. The molecule has 1 heterocycles. The average Bonchev–Trinajstić information content (AvgIpc) is 2.89. The highest BCUT2D eigenvalue weighted by Crippen LogP contribution is 2.26. The van der Waals surface area contributed by atoms with Crippen molar-refractivity contribution in [3.8, 4) is 11.5 Å². The van der Waals surface area contributed by atoms with E-state index >= 15 is 0 Å². The third-order valence-electron chi connectivity index (χ3n) is 2.61. The first-order chi connectivity index (χ1) is 8.79. The number of nitrogens with one attached hydrogen (secondary N) is 1. The van der Waals surface area contributed by atoms with Crippen LogP contribution in [0, 0.1) is 0 Å². The van der Waals surface area contributed by atoms with Gasteiger partial charge in [0.2, 0.25) is 0 Å². The molecule has 1 aromatic heterocycles. The second kappa shape index (κ2) is 6.37. The third-order valence-corrected chi connectivity index (χ3v) is 3.25. The predicted molar refractivity (Wildman–Crippen MR) is 72.2 cm³/mol. The second-order valence-corrected chi connectivity index (χ2v) is 4.63. The Bertz CT molecular complexity index is 486. The zero-order chi connectivity index (χ0) is 12.8. The summed E-state index contributed by atoms with van der Waals surface area (Å²) in [5.74, 6) is 0.678. The number of phenolic OH excluding ortho intramolecular Hbond substituents is 1. The summed E-state index contributed by atoms with van der Waals surface area (Å²) in [7, 11) is 1.55. The van der Waals surface area contributed by atoms with Crippen molar-refractivity contribution in [2.75, 3.05) is 13.7 Å². The maximum absolute atomic E-state index is 9.48. The van der Waals surface area contributed by atoms with Crippen LogP contribution < -0.4 is 10.1 Å². The van der Waals surface area contributed by atoms with Gasteiger partial charge in [-0.2, -0.15) is 0 Å². The molecular formula is C13H16N2O2S. The smallest absolute Gasteiger partial charge is 0.160 e. The predicted octanol–water partition coefficient (Wildman–Crippen LogP) is 2.19. The van der Waals surface area contributed by atoms with Crippen LogP contribution >= 0.6 is 11.3 Å². The normalized spacial score (nSPS) is 10.5. The molecule has 0 bridgehead atoms. The topological polar surface area (TPSA) is 54.4 Å². The Morgan fingerprint density at radius 2 is 2.33 bits per heavy atom. The fourth-order valence-electron chi connectivity index (χ4n) is 1.64. The van der Waals surface area contributed by atoms with Gasteiger partial charge < -0.3 is 15.2 Å². The zero-order valence-corrected chi connectivity index (χ0v) is 11.0. The van der Waals surface area contributed by atoms with Crippen LogP contribution in [0.3, 0.4) is 0 Å². The number of hydrogen-bond acceptors (Lipinski definition) is 5. The van der Waals surface area contributed by atoms with Gasteiger partial charge in [0.25, 0.3) is 0 Å². The molecule has 4 nitrogen and oxygen atoms in total. The molecule has 0 radical (unpaired) electrons. The van der Waals surface area contributed by atoms with Crippen LogP contribution in [0.1, 0.15) is 11.3 Å². The van der Waals surface area contributed by atoms with Gasteiger partial charge in [-0.15, -0.1) is 11.3 Å². The van der Waals surface area contributed by atoms with E-state index in [0.717, 1.165) is 30.8 Å². The van der Waals surface area contributed by atoms with Gasteiger partial charge in [-0.3, -0.25) is 0 Å². The Kier molecular flexibility index (Phi) is 4.55. The van der Waals surface area contributed by atoms with Crippen molar-refractivity contribution in [3.63, 3.8) is 0 Å². The van der Waals surface area contributed by atoms with E-state index in [1.165, 1.54) is 0 Å². The van der Waals surface area contributed by atoms with Crippen LogP contribution in [0.15, 0.2) is 29.1 Å². The fourth-order valence-corrected chi connectivity index (χ4v) is 2.24. The van der Waals surface area contributed by atoms with Crippen molar-refractivity contribution in [2.45, 2.75) is 13.0 Å². The van der Waals surface area contributed by atoms with Gasteiger partial charge in [0.1, 0.15) is 0 Å². The summed E-state index contributed by atoms with van der Waals surface area (Å²) in [5.41, 5.74) is 4.05. The van der Waals surface area contributed by atoms with E-state index in [1.807, 2.05) is 17.6 Å². The quantitative estimate of drug-likeness (QED) is 0.785. The van der Waals surface area contributed by atoms with E-state index in [-0.39, 0.29) is 5.75 Å². The summed E-state index contributed by atoms with van der Waals surface area (Å²) in [6, 6.07) is 5.37. The minimum absolute atomic E-state index is 0.170. The van der Waals surface area contributed by atoms with Crippen molar-refractivity contribution >= 4 is 11.3 Å². The van der Waals surface area contributed by atoms with Gasteiger partial charge in [0.15, 0.2) is 11.5 Å². The molecule has 2 aromatic rings. The number of phenols is 1. The first kappa shape index (κ1) is 12.9. The maximum Gasteiger partial charge on any atom is 0.160 e. The Hall–Kier alpha value is -1.59.